The smallest absolute Gasteiger partial charge is 0.240 e. The molecule has 1 aromatic rings. The third-order valence-corrected chi connectivity index (χ3v) is 4.05. The van der Waals surface area contributed by atoms with Crippen molar-refractivity contribution in [2.24, 2.45) is 0 Å². The van der Waals surface area contributed by atoms with Gasteiger partial charge in [0.05, 0.1) is 19.8 Å². The molecule has 0 aromatic heterocycles. The summed E-state index contributed by atoms with van der Waals surface area (Å²) in [7, 11) is 3.24. The highest BCUT2D eigenvalue weighted by Crippen LogP contribution is 2.24. The first-order valence-corrected chi connectivity index (χ1v) is 7.33. The third kappa shape index (κ3) is 4.27. The standard InChI is InChI=1S/C16H24N2O3.ClH/c1-16(8-4-5-9-18-16)15(19)17-11-12-10-13(20-2)6-7-14(12)21-3;/h6-7,10,18H,4-5,8-9,11H2,1-3H3,(H,17,19);1H. The minimum atomic E-state index is -0.468. The number of piperidine rings is 1. The molecule has 22 heavy (non-hydrogen) atoms. The fourth-order valence-corrected chi connectivity index (χ4v) is 2.64. The number of ether oxygens (including phenoxy) is 2. The molecule has 1 heterocycles. The minimum Gasteiger partial charge on any atom is -0.497 e. The van der Waals surface area contributed by atoms with Gasteiger partial charge in [-0.3, -0.25) is 4.79 Å². The zero-order valence-corrected chi connectivity index (χ0v) is 14.2. The molecule has 1 fully saturated rings. The molecule has 0 saturated carbocycles. The maximum absolute atomic E-state index is 12.4. The van der Waals surface area contributed by atoms with Gasteiger partial charge in [-0.25, -0.2) is 0 Å². The van der Waals surface area contributed by atoms with Gasteiger partial charge < -0.3 is 20.1 Å². The van der Waals surface area contributed by atoms with E-state index in [-0.39, 0.29) is 18.3 Å². The molecule has 0 spiro atoms. The molecule has 1 saturated heterocycles. The predicted octanol–water partition coefficient (Wildman–Crippen LogP) is 2.27. The molecular weight excluding hydrogens is 304 g/mol. The van der Waals surface area contributed by atoms with Gasteiger partial charge in [0, 0.05) is 12.1 Å². The highest BCUT2D eigenvalue weighted by Gasteiger charge is 2.33. The number of nitrogens with one attached hydrogen (secondary N) is 2. The van der Waals surface area contributed by atoms with E-state index < -0.39 is 5.54 Å². The van der Waals surface area contributed by atoms with Gasteiger partial charge in [-0.15, -0.1) is 12.4 Å². The minimum absolute atomic E-state index is 0. The van der Waals surface area contributed by atoms with Crippen molar-refractivity contribution in [3.63, 3.8) is 0 Å². The lowest BCUT2D eigenvalue weighted by Gasteiger charge is -2.33. The monoisotopic (exact) mass is 328 g/mol. The number of carbonyl (C=O) groups is 1. The average molecular weight is 329 g/mol. The van der Waals surface area contributed by atoms with Crippen molar-refractivity contribution >= 4 is 18.3 Å². The highest BCUT2D eigenvalue weighted by molar-refractivity contribution is 5.86. The normalized spacial score (nSPS) is 20.7. The van der Waals surface area contributed by atoms with E-state index in [0.29, 0.717) is 6.54 Å². The lowest BCUT2D eigenvalue weighted by atomic mass is 9.90. The number of hydrogen-bond acceptors (Lipinski definition) is 4. The van der Waals surface area contributed by atoms with Gasteiger partial charge in [-0.05, 0) is 50.9 Å². The summed E-state index contributed by atoms with van der Waals surface area (Å²) in [4.78, 5) is 12.4. The molecular formula is C16H25ClN2O3. The molecule has 1 amide bonds. The van der Waals surface area contributed by atoms with Crippen molar-refractivity contribution < 1.29 is 14.3 Å². The Morgan fingerprint density at radius 3 is 2.68 bits per heavy atom. The second-order valence-electron chi connectivity index (χ2n) is 5.58. The molecule has 6 heteroatoms. The highest BCUT2D eigenvalue weighted by atomic mass is 35.5. The molecule has 0 aliphatic carbocycles. The Labute approximate surface area is 138 Å². The van der Waals surface area contributed by atoms with E-state index in [0.717, 1.165) is 42.9 Å². The Bertz CT molecular complexity index is 502. The fraction of sp³-hybridized carbons (Fsp3) is 0.562. The molecule has 1 unspecified atom stereocenters. The van der Waals surface area contributed by atoms with Gasteiger partial charge >= 0.3 is 0 Å². The van der Waals surface area contributed by atoms with E-state index in [1.165, 1.54) is 0 Å². The van der Waals surface area contributed by atoms with E-state index in [1.54, 1.807) is 14.2 Å². The fourth-order valence-electron chi connectivity index (χ4n) is 2.64. The van der Waals surface area contributed by atoms with Crippen molar-refractivity contribution in [1.29, 1.82) is 0 Å². The van der Waals surface area contributed by atoms with Crippen LogP contribution in [-0.4, -0.2) is 32.2 Å². The van der Waals surface area contributed by atoms with Gasteiger partial charge in [-0.2, -0.15) is 0 Å². The summed E-state index contributed by atoms with van der Waals surface area (Å²) >= 11 is 0. The van der Waals surface area contributed by atoms with E-state index in [9.17, 15) is 4.79 Å². The molecule has 5 nitrogen and oxygen atoms in total. The summed E-state index contributed by atoms with van der Waals surface area (Å²) in [6, 6.07) is 5.57. The van der Waals surface area contributed by atoms with E-state index >= 15 is 0 Å². The van der Waals surface area contributed by atoms with Crippen molar-refractivity contribution in [1.82, 2.24) is 10.6 Å². The van der Waals surface area contributed by atoms with E-state index in [4.69, 9.17) is 9.47 Å². The maximum Gasteiger partial charge on any atom is 0.240 e. The summed E-state index contributed by atoms with van der Waals surface area (Å²) in [5.41, 5.74) is 0.439. The summed E-state index contributed by atoms with van der Waals surface area (Å²) in [6.45, 7) is 3.28. The summed E-state index contributed by atoms with van der Waals surface area (Å²) in [5.74, 6) is 1.53. The second kappa shape index (κ2) is 8.25. The first-order valence-electron chi connectivity index (χ1n) is 7.33. The molecule has 1 aliphatic heterocycles. The van der Waals surface area contributed by atoms with Crippen LogP contribution >= 0.6 is 12.4 Å². The molecule has 2 rings (SSSR count). The quantitative estimate of drug-likeness (QED) is 0.870. The van der Waals surface area contributed by atoms with Crippen LogP contribution in [0.1, 0.15) is 31.7 Å². The lowest BCUT2D eigenvalue weighted by molar-refractivity contribution is -0.128. The Hall–Kier alpha value is -1.46. The van der Waals surface area contributed by atoms with Crippen LogP contribution in [-0.2, 0) is 11.3 Å². The van der Waals surface area contributed by atoms with Gasteiger partial charge in [0.25, 0.3) is 0 Å². The van der Waals surface area contributed by atoms with Crippen LogP contribution in [0.3, 0.4) is 0 Å². The zero-order valence-electron chi connectivity index (χ0n) is 13.4. The first kappa shape index (κ1) is 18.6. The largest absolute Gasteiger partial charge is 0.497 e. The first-order chi connectivity index (χ1) is 10.1. The number of carbonyl (C=O) groups excluding carboxylic acids is 1. The van der Waals surface area contributed by atoms with Crippen LogP contribution in [0.4, 0.5) is 0 Å². The number of hydrogen-bond donors (Lipinski definition) is 2. The Morgan fingerprint density at radius 1 is 1.32 bits per heavy atom. The van der Waals surface area contributed by atoms with Crippen LogP contribution in [0, 0.1) is 0 Å². The molecule has 1 atom stereocenters. The van der Waals surface area contributed by atoms with Crippen LogP contribution in [0.25, 0.3) is 0 Å². The van der Waals surface area contributed by atoms with Crippen molar-refractivity contribution in [2.45, 2.75) is 38.3 Å². The number of methoxy groups -OCH3 is 2. The second-order valence-corrected chi connectivity index (χ2v) is 5.58. The van der Waals surface area contributed by atoms with E-state index in [1.807, 2.05) is 25.1 Å². The van der Waals surface area contributed by atoms with Gasteiger partial charge in [0.15, 0.2) is 0 Å². The maximum atomic E-state index is 12.4. The van der Waals surface area contributed by atoms with Crippen molar-refractivity contribution in [3.8, 4) is 11.5 Å². The van der Waals surface area contributed by atoms with E-state index in [2.05, 4.69) is 10.6 Å². The average Bonchev–Trinajstić information content (AvgIpc) is 2.52. The Morgan fingerprint density at radius 2 is 2.09 bits per heavy atom. The zero-order chi connectivity index (χ0) is 15.3. The van der Waals surface area contributed by atoms with Crippen LogP contribution < -0.4 is 20.1 Å². The summed E-state index contributed by atoms with van der Waals surface area (Å²) in [5, 5.41) is 6.31. The predicted molar refractivity (Wildman–Crippen MR) is 88.9 cm³/mol. The molecule has 0 radical (unpaired) electrons. The molecule has 124 valence electrons. The number of halogens is 1. The summed E-state index contributed by atoms with van der Waals surface area (Å²) in [6.07, 6.45) is 3.08. The molecule has 2 N–H and O–H groups in total. The van der Waals surface area contributed by atoms with Crippen molar-refractivity contribution in [3.05, 3.63) is 23.8 Å². The molecule has 0 bridgehead atoms. The van der Waals surface area contributed by atoms with Crippen LogP contribution in [0.5, 0.6) is 11.5 Å². The number of benzene rings is 1. The molecule has 1 aromatic carbocycles. The molecule has 1 aliphatic rings. The van der Waals surface area contributed by atoms with Crippen LogP contribution in [0.2, 0.25) is 0 Å². The summed E-state index contributed by atoms with van der Waals surface area (Å²) < 4.78 is 10.5. The number of amides is 1. The van der Waals surface area contributed by atoms with Gasteiger partial charge in [0.1, 0.15) is 11.5 Å². The van der Waals surface area contributed by atoms with Gasteiger partial charge in [0.2, 0.25) is 5.91 Å². The Balaban J connectivity index is 0.00000242. The number of rotatable bonds is 5. The SMILES string of the molecule is COc1ccc(OC)c(CNC(=O)C2(C)CCCCN2)c1.Cl. The Kier molecular flexibility index (Phi) is 6.97. The topological polar surface area (TPSA) is 59.6 Å². The van der Waals surface area contributed by atoms with Crippen molar-refractivity contribution in [2.75, 3.05) is 20.8 Å². The third-order valence-electron chi connectivity index (χ3n) is 4.05. The van der Waals surface area contributed by atoms with Gasteiger partial charge in [-0.1, -0.05) is 0 Å². The lowest BCUT2D eigenvalue weighted by Crippen LogP contribution is -2.56. The van der Waals surface area contributed by atoms with Crippen LogP contribution in [0.15, 0.2) is 18.2 Å².